The average Bonchev–Trinajstić information content (AvgIpc) is 3.46. The highest BCUT2D eigenvalue weighted by Crippen LogP contribution is 2.40. The summed E-state index contributed by atoms with van der Waals surface area (Å²) in [5, 5.41) is 22.6. The van der Waals surface area contributed by atoms with Crippen LogP contribution in [0.25, 0.3) is 10.8 Å². The number of aryl methyl sites for hydroxylation is 1. The number of hydrogen-bond donors (Lipinski definition) is 0. The molecule has 1 amide bonds. The van der Waals surface area contributed by atoms with Crippen molar-refractivity contribution in [3.05, 3.63) is 71.4 Å². The van der Waals surface area contributed by atoms with Crippen molar-refractivity contribution in [3.8, 4) is 18.0 Å². The SMILES string of the molecule is C=CC(=O)N1CCN(c2c(C#N)c(OCC3CCCN3C)nc3c2CCN(c2cccc4cccc(C)c24)C3)CC1CC#N. The summed E-state index contributed by atoms with van der Waals surface area (Å²) in [5.74, 6) is 0.201. The van der Waals surface area contributed by atoms with Gasteiger partial charge in [0.2, 0.25) is 11.8 Å². The predicted molar refractivity (Wildman–Crippen MR) is 172 cm³/mol. The van der Waals surface area contributed by atoms with Crippen LogP contribution in [-0.2, 0) is 17.8 Å². The van der Waals surface area contributed by atoms with Gasteiger partial charge in [0.1, 0.15) is 18.2 Å². The minimum atomic E-state index is -0.301. The summed E-state index contributed by atoms with van der Waals surface area (Å²) < 4.78 is 6.41. The van der Waals surface area contributed by atoms with Gasteiger partial charge in [0, 0.05) is 48.9 Å². The second-order valence-electron chi connectivity index (χ2n) is 12.1. The lowest BCUT2D eigenvalue weighted by molar-refractivity contribution is -0.128. The number of aromatic nitrogens is 1. The number of likely N-dealkylation sites (N-methyl/N-ethyl adjacent to an activating group) is 1. The molecule has 1 aromatic heterocycles. The maximum atomic E-state index is 12.6. The molecule has 2 aromatic carbocycles. The third-order valence-corrected chi connectivity index (χ3v) is 9.50. The molecular weight excluding hydrogens is 550 g/mol. The van der Waals surface area contributed by atoms with E-state index >= 15 is 0 Å². The second-order valence-corrected chi connectivity index (χ2v) is 12.1. The van der Waals surface area contributed by atoms with Gasteiger partial charge in [-0.1, -0.05) is 36.9 Å². The van der Waals surface area contributed by atoms with Crippen molar-refractivity contribution in [1.82, 2.24) is 14.8 Å². The van der Waals surface area contributed by atoms with E-state index in [9.17, 15) is 15.3 Å². The van der Waals surface area contributed by atoms with Crippen LogP contribution in [0.5, 0.6) is 5.88 Å². The van der Waals surface area contributed by atoms with Gasteiger partial charge >= 0.3 is 0 Å². The van der Waals surface area contributed by atoms with Crippen molar-refractivity contribution >= 4 is 28.1 Å². The lowest BCUT2D eigenvalue weighted by Gasteiger charge is -2.43. The number of anilines is 2. The Morgan fingerprint density at radius 1 is 1.11 bits per heavy atom. The zero-order valence-corrected chi connectivity index (χ0v) is 25.6. The highest BCUT2D eigenvalue weighted by Gasteiger charge is 2.35. The maximum absolute atomic E-state index is 12.6. The van der Waals surface area contributed by atoms with Gasteiger partial charge in [0.05, 0.1) is 36.5 Å². The van der Waals surface area contributed by atoms with E-state index in [-0.39, 0.29) is 24.4 Å². The first-order chi connectivity index (χ1) is 21.4. The average molecular weight is 590 g/mol. The molecule has 3 aliphatic heterocycles. The Morgan fingerprint density at radius 3 is 2.66 bits per heavy atom. The number of hydrogen-bond acceptors (Lipinski definition) is 8. The van der Waals surface area contributed by atoms with Crippen LogP contribution in [0.1, 0.15) is 41.6 Å². The maximum Gasteiger partial charge on any atom is 0.246 e. The van der Waals surface area contributed by atoms with Crippen molar-refractivity contribution in [2.24, 2.45) is 0 Å². The summed E-state index contributed by atoms with van der Waals surface area (Å²) in [4.78, 5) is 26.3. The molecule has 0 spiro atoms. The lowest BCUT2D eigenvalue weighted by atomic mass is 9.95. The summed E-state index contributed by atoms with van der Waals surface area (Å²) in [5.41, 5.74) is 5.66. The quantitative estimate of drug-likeness (QED) is 0.370. The Balaban J connectivity index is 1.41. The van der Waals surface area contributed by atoms with Gasteiger partial charge in [0.15, 0.2) is 0 Å². The number of carbonyl (C=O) groups excluding carboxylic acids is 1. The van der Waals surface area contributed by atoms with E-state index in [1.54, 1.807) is 4.90 Å². The molecule has 0 aliphatic carbocycles. The van der Waals surface area contributed by atoms with Gasteiger partial charge in [-0.25, -0.2) is 4.98 Å². The number of pyridine rings is 1. The summed E-state index contributed by atoms with van der Waals surface area (Å²) in [6.45, 7) is 10.1. The van der Waals surface area contributed by atoms with E-state index in [1.807, 2.05) is 0 Å². The molecule has 9 heteroatoms. The van der Waals surface area contributed by atoms with Crippen LogP contribution >= 0.6 is 0 Å². The Labute approximate surface area is 259 Å². The van der Waals surface area contributed by atoms with Gasteiger partial charge in [0.25, 0.3) is 0 Å². The Kier molecular flexibility index (Phi) is 8.41. The minimum absolute atomic E-state index is 0.173. The number of amides is 1. The molecule has 6 rings (SSSR count). The van der Waals surface area contributed by atoms with E-state index < -0.39 is 0 Å². The summed E-state index contributed by atoms with van der Waals surface area (Å²) >= 11 is 0. The highest BCUT2D eigenvalue weighted by molar-refractivity contribution is 5.97. The normalized spacial score (nSPS) is 20.2. The number of nitrogens with zero attached hydrogens (tertiary/aromatic N) is 7. The minimum Gasteiger partial charge on any atom is -0.475 e. The van der Waals surface area contributed by atoms with Crippen molar-refractivity contribution in [2.45, 2.75) is 51.2 Å². The second kappa shape index (κ2) is 12.6. The van der Waals surface area contributed by atoms with Crippen molar-refractivity contribution in [1.29, 1.82) is 10.5 Å². The topological polar surface area (TPSA) is 99.7 Å². The van der Waals surface area contributed by atoms with Crippen molar-refractivity contribution < 1.29 is 9.53 Å². The lowest BCUT2D eigenvalue weighted by Crippen LogP contribution is -2.55. The number of likely N-dealkylation sites (tertiary alicyclic amines) is 1. The fraction of sp³-hybridized carbons (Fsp3) is 0.429. The number of ether oxygens (including phenoxy) is 1. The third kappa shape index (κ3) is 5.44. The molecule has 226 valence electrons. The molecule has 9 nitrogen and oxygen atoms in total. The molecular formula is C35H39N7O2. The van der Waals surface area contributed by atoms with E-state index in [4.69, 9.17) is 9.72 Å². The van der Waals surface area contributed by atoms with E-state index in [2.05, 4.69) is 83.8 Å². The number of piperazine rings is 1. The molecule has 4 heterocycles. The smallest absolute Gasteiger partial charge is 0.246 e. The number of nitriles is 2. The zero-order chi connectivity index (χ0) is 30.8. The monoisotopic (exact) mass is 589 g/mol. The number of fused-ring (bicyclic) bond motifs is 2. The molecule has 3 aromatic rings. The molecule has 2 saturated heterocycles. The van der Waals surface area contributed by atoms with Crippen LogP contribution in [-0.4, -0.2) is 79.2 Å². The van der Waals surface area contributed by atoms with Crippen molar-refractivity contribution in [2.75, 3.05) is 56.2 Å². The van der Waals surface area contributed by atoms with Crippen LogP contribution in [0.15, 0.2) is 49.1 Å². The largest absolute Gasteiger partial charge is 0.475 e. The Bertz CT molecular complexity index is 1670. The third-order valence-electron chi connectivity index (χ3n) is 9.50. The first kappa shape index (κ1) is 29.5. The van der Waals surface area contributed by atoms with Gasteiger partial charge in [-0.2, -0.15) is 10.5 Å². The zero-order valence-electron chi connectivity index (χ0n) is 25.6. The molecule has 2 atom stereocenters. The van der Waals surface area contributed by atoms with E-state index in [1.165, 1.54) is 28.1 Å². The predicted octanol–water partition coefficient (Wildman–Crippen LogP) is 4.57. The first-order valence-electron chi connectivity index (χ1n) is 15.5. The Morgan fingerprint density at radius 2 is 1.93 bits per heavy atom. The molecule has 0 N–H and O–H groups in total. The summed E-state index contributed by atoms with van der Waals surface area (Å²) in [6, 6.07) is 17.5. The fourth-order valence-corrected chi connectivity index (χ4v) is 7.17. The molecule has 0 bridgehead atoms. The first-order valence-corrected chi connectivity index (χ1v) is 15.5. The van der Waals surface area contributed by atoms with Crippen LogP contribution < -0.4 is 14.5 Å². The van der Waals surface area contributed by atoms with E-state index in [0.29, 0.717) is 44.2 Å². The summed E-state index contributed by atoms with van der Waals surface area (Å²) in [7, 11) is 2.11. The molecule has 2 unspecified atom stereocenters. The van der Waals surface area contributed by atoms with Gasteiger partial charge in [-0.15, -0.1) is 0 Å². The standard InChI is InChI=1S/C35H39N7O2/c1-4-32(43)42-19-18-41(21-26(42)13-15-36)34-28-14-17-40(31-12-6-10-25-9-5-8-24(2)33(25)31)22-30(28)38-35(29(34)20-37)44-23-27-11-7-16-39(27)3/h4-6,8-10,12,26-27H,1,7,11,13-14,16-19,21-23H2,2-3H3. The molecule has 44 heavy (non-hydrogen) atoms. The fourth-order valence-electron chi connectivity index (χ4n) is 7.17. The number of rotatable bonds is 7. The van der Waals surface area contributed by atoms with Crippen LogP contribution in [0.3, 0.4) is 0 Å². The van der Waals surface area contributed by atoms with Gasteiger partial charge < -0.3 is 24.3 Å². The molecule has 0 radical (unpaired) electrons. The van der Waals surface area contributed by atoms with Crippen LogP contribution in [0.4, 0.5) is 11.4 Å². The Hall–Kier alpha value is -4.60. The van der Waals surface area contributed by atoms with Gasteiger partial charge in [-0.05, 0) is 62.9 Å². The van der Waals surface area contributed by atoms with E-state index in [0.717, 1.165) is 49.3 Å². The molecule has 0 saturated carbocycles. The number of benzene rings is 2. The highest BCUT2D eigenvalue weighted by atomic mass is 16.5. The van der Waals surface area contributed by atoms with Crippen LogP contribution in [0.2, 0.25) is 0 Å². The summed E-state index contributed by atoms with van der Waals surface area (Å²) in [6.07, 6.45) is 4.42. The van der Waals surface area contributed by atoms with Crippen molar-refractivity contribution in [3.63, 3.8) is 0 Å². The molecule has 3 aliphatic rings. The molecule has 2 fully saturated rings. The van der Waals surface area contributed by atoms with Crippen LogP contribution in [0, 0.1) is 29.6 Å². The number of carbonyl (C=O) groups is 1. The van der Waals surface area contributed by atoms with Gasteiger partial charge in [-0.3, -0.25) is 4.79 Å².